The number of hydrogen-bond donors (Lipinski definition) is 2. The first kappa shape index (κ1) is 20.9. The van der Waals surface area contributed by atoms with E-state index >= 15 is 0 Å². The zero-order valence-corrected chi connectivity index (χ0v) is 18.5. The summed E-state index contributed by atoms with van der Waals surface area (Å²) >= 11 is 2.58. The van der Waals surface area contributed by atoms with E-state index in [1.807, 2.05) is 49.4 Å². The molecule has 2 aromatic carbocycles. The van der Waals surface area contributed by atoms with Crippen molar-refractivity contribution in [1.29, 1.82) is 0 Å². The van der Waals surface area contributed by atoms with Crippen LogP contribution in [0.4, 0.5) is 5.13 Å². The van der Waals surface area contributed by atoms with Gasteiger partial charge >= 0.3 is 0 Å². The van der Waals surface area contributed by atoms with Crippen molar-refractivity contribution in [2.45, 2.75) is 12.1 Å². The lowest BCUT2D eigenvalue weighted by atomic mass is 10.2. The van der Waals surface area contributed by atoms with E-state index in [0.717, 1.165) is 21.5 Å². The average molecular weight is 457 g/mol. The third kappa shape index (κ3) is 4.57. The molecule has 0 spiro atoms. The van der Waals surface area contributed by atoms with Crippen molar-refractivity contribution >= 4 is 44.4 Å². The molecule has 2 aromatic heterocycles. The first-order valence-electron chi connectivity index (χ1n) is 9.39. The molecule has 4 aromatic rings. The van der Waals surface area contributed by atoms with Crippen LogP contribution in [-0.2, 0) is 4.79 Å². The second kappa shape index (κ2) is 9.23. The number of benzene rings is 2. The first-order valence-corrected chi connectivity index (χ1v) is 11.2. The Morgan fingerprint density at radius 2 is 2.10 bits per heavy atom. The smallest absolute Gasteiger partial charge is 0.236 e. The number of nitrogen functional groups attached to an aromatic ring is 1. The zero-order valence-electron chi connectivity index (χ0n) is 16.9. The number of anilines is 1. The van der Waals surface area contributed by atoms with E-state index in [9.17, 15) is 4.79 Å². The normalized spacial score (nSPS) is 10.9. The molecule has 11 heteroatoms. The lowest BCUT2D eigenvalue weighted by Crippen LogP contribution is -2.16. The molecule has 0 bridgehead atoms. The Bertz CT molecular complexity index is 1220. The number of thiazole rings is 1. The Labute approximate surface area is 186 Å². The van der Waals surface area contributed by atoms with Gasteiger partial charge in [-0.3, -0.25) is 4.79 Å². The van der Waals surface area contributed by atoms with Crippen molar-refractivity contribution in [3.8, 4) is 22.9 Å². The van der Waals surface area contributed by atoms with Crippen LogP contribution < -0.4 is 20.6 Å². The van der Waals surface area contributed by atoms with Crippen LogP contribution in [0, 0.1) is 0 Å². The van der Waals surface area contributed by atoms with Crippen LogP contribution in [-0.4, -0.2) is 45.2 Å². The summed E-state index contributed by atoms with van der Waals surface area (Å²) in [5, 5.41) is 12.0. The second-order valence-electron chi connectivity index (χ2n) is 6.29. The molecule has 0 saturated carbocycles. The van der Waals surface area contributed by atoms with Gasteiger partial charge in [-0.05, 0) is 37.3 Å². The minimum absolute atomic E-state index is 0.112. The molecular formula is C20H20N6O3S2. The van der Waals surface area contributed by atoms with Crippen LogP contribution in [0.3, 0.4) is 0 Å². The number of rotatable bonds is 8. The number of methoxy groups -OCH3 is 1. The number of carbonyl (C=O) groups is 1. The Hall–Kier alpha value is -3.31. The summed E-state index contributed by atoms with van der Waals surface area (Å²) in [7, 11) is 1.58. The van der Waals surface area contributed by atoms with Gasteiger partial charge in [0.05, 0.1) is 35.2 Å². The van der Waals surface area contributed by atoms with Crippen LogP contribution in [0.25, 0.3) is 21.6 Å². The number of carbonyl (C=O) groups excluding carboxylic acids is 1. The van der Waals surface area contributed by atoms with Crippen molar-refractivity contribution in [1.82, 2.24) is 19.9 Å². The summed E-state index contributed by atoms with van der Waals surface area (Å²) < 4.78 is 13.1. The molecule has 0 unspecified atom stereocenters. The maximum atomic E-state index is 12.4. The predicted octanol–water partition coefficient (Wildman–Crippen LogP) is 3.41. The summed E-state index contributed by atoms with van der Waals surface area (Å²) in [6.45, 7) is 2.53. The maximum Gasteiger partial charge on any atom is 0.236 e. The fourth-order valence-corrected chi connectivity index (χ4v) is 4.46. The lowest BCUT2D eigenvalue weighted by Gasteiger charge is -2.07. The molecule has 0 aliphatic rings. The molecule has 4 rings (SSSR count). The quantitative estimate of drug-likeness (QED) is 0.306. The molecule has 31 heavy (non-hydrogen) atoms. The standard InChI is InChI=1S/C20H20N6O3S2/c1-3-29-12-8-9-14-16(10-12)31-19(22-14)23-17(27)11-30-20-25-24-18(26(20)21)13-6-4-5-7-15(13)28-2/h4-10H,3,11,21H2,1-2H3,(H,22,23,27). The number of fused-ring (bicyclic) bond motifs is 1. The Kier molecular flexibility index (Phi) is 6.23. The Balaban J connectivity index is 1.41. The third-order valence-electron chi connectivity index (χ3n) is 4.26. The number of nitrogens with zero attached hydrogens (tertiary/aromatic N) is 4. The number of amides is 1. The maximum absolute atomic E-state index is 12.4. The van der Waals surface area contributed by atoms with Gasteiger partial charge in [-0.15, -0.1) is 10.2 Å². The van der Waals surface area contributed by atoms with Gasteiger partial charge in [0.1, 0.15) is 11.5 Å². The number of aromatic nitrogens is 4. The molecule has 0 aliphatic heterocycles. The van der Waals surface area contributed by atoms with Crippen molar-refractivity contribution in [2.24, 2.45) is 0 Å². The molecule has 2 heterocycles. The number of para-hydroxylation sites is 1. The van der Waals surface area contributed by atoms with Crippen LogP contribution in [0.5, 0.6) is 11.5 Å². The minimum Gasteiger partial charge on any atom is -0.496 e. The fourth-order valence-electron chi connectivity index (χ4n) is 2.89. The molecule has 3 N–H and O–H groups in total. The number of ether oxygens (including phenoxy) is 2. The molecule has 0 fully saturated rings. The van der Waals surface area contributed by atoms with E-state index in [4.69, 9.17) is 15.3 Å². The van der Waals surface area contributed by atoms with Crippen molar-refractivity contribution < 1.29 is 14.3 Å². The highest BCUT2D eigenvalue weighted by Gasteiger charge is 2.17. The SMILES string of the molecule is CCOc1ccc2nc(NC(=O)CSc3nnc(-c4ccccc4OC)n3N)sc2c1. The summed E-state index contributed by atoms with van der Waals surface area (Å²) in [6.07, 6.45) is 0. The van der Waals surface area contributed by atoms with Crippen LogP contribution in [0.15, 0.2) is 47.6 Å². The Morgan fingerprint density at radius 1 is 1.26 bits per heavy atom. The third-order valence-corrected chi connectivity index (χ3v) is 6.14. The molecule has 0 atom stereocenters. The highest BCUT2D eigenvalue weighted by atomic mass is 32.2. The predicted molar refractivity (Wildman–Crippen MR) is 122 cm³/mol. The van der Waals surface area contributed by atoms with E-state index in [1.54, 1.807) is 7.11 Å². The lowest BCUT2D eigenvalue weighted by molar-refractivity contribution is -0.113. The molecule has 0 aliphatic carbocycles. The highest BCUT2D eigenvalue weighted by molar-refractivity contribution is 7.99. The van der Waals surface area contributed by atoms with Crippen molar-refractivity contribution in [2.75, 3.05) is 30.6 Å². The van der Waals surface area contributed by atoms with Gasteiger partial charge in [0.15, 0.2) is 11.0 Å². The van der Waals surface area contributed by atoms with Crippen LogP contribution in [0.1, 0.15) is 6.92 Å². The van der Waals surface area contributed by atoms with Gasteiger partial charge in [0, 0.05) is 0 Å². The van der Waals surface area contributed by atoms with Crippen molar-refractivity contribution in [3.05, 3.63) is 42.5 Å². The molecular weight excluding hydrogens is 436 g/mol. The summed E-state index contributed by atoms with van der Waals surface area (Å²) in [5.41, 5.74) is 1.52. The van der Waals surface area contributed by atoms with E-state index in [1.165, 1.54) is 27.8 Å². The van der Waals surface area contributed by atoms with Crippen LogP contribution in [0.2, 0.25) is 0 Å². The van der Waals surface area contributed by atoms with Crippen LogP contribution >= 0.6 is 23.1 Å². The van der Waals surface area contributed by atoms with Crippen molar-refractivity contribution in [3.63, 3.8) is 0 Å². The summed E-state index contributed by atoms with van der Waals surface area (Å²) in [4.78, 5) is 16.9. The van der Waals surface area contributed by atoms with E-state index in [-0.39, 0.29) is 11.7 Å². The van der Waals surface area contributed by atoms with Gasteiger partial charge in [-0.25, -0.2) is 9.66 Å². The first-order chi connectivity index (χ1) is 15.1. The van der Waals surface area contributed by atoms with Gasteiger partial charge in [-0.1, -0.05) is 35.2 Å². The minimum atomic E-state index is -0.212. The number of nitrogens with one attached hydrogen (secondary N) is 1. The van der Waals surface area contributed by atoms with E-state index < -0.39 is 0 Å². The fraction of sp³-hybridized carbons (Fsp3) is 0.200. The van der Waals surface area contributed by atoms with Gasteiger partial charge in [0.2, 0.25) is 11.1 Å². The number of thioether (sulfide) groups is 1. The molecule has 160 valence electrons. The average Bonchev–Trinajstić information content (AvgIpc) is 3.34. The highest BCUT2D eigenvalue weighted by Crippen LogP contribution is 2.31. The largest absolute Gasteiger partial charge is 0.496 e. The zero-order chi connectivity index (χ0) is 21.8. The number of hydrogen-bond acceptors (Lipinski definition) is 9. The van der Waals surface area contributed by atoms with Gasteiger partial charge in [0.25, 0.3) is 0 Å². The van der Waals surface area contributed by atoms with Gasteiger partial charge < -0.3 is 20.6 Å². The van der Waals surface area contributed by atoms with E-state index in [0.29, 0.717) is 28.5 Å². The number of nitrogens with two attached hydrogens (primary N) is 1. The molecule has 0 radical (unpaired) electrons. The van der Waals surface area contributed by atoms with Gasteiger partial charge in [-0.2, -0.15) is 0 Å². The second-order valence-corrected chi connectivity index (χ2v) is 8.27. The molecule has 1 amide bonds. The topological polar surface area (TPSA) is 117 Å². The van der Waals surface area contributed by atoms with E-state index in [2.05, 4.69) is 20.5 Å². The monoisotopic (exact) mass is 456 g/mol. The Morgan fingerprint density at radius 3 is 2.90 bits per heavy atom. The summed E-state index contributed by atoms with van der Waals surface area (Å²) in [6, 6.07) is 13.0. The summed E-state index contributed by atoms with van der Waals surface area (Å²) in [5.74, 6) is 7.92. The molecule has 0 saturated heterocycles. The molecule has 9 nitrogen and oxygen atoms in total.